The monoisotopic (exact) mass is 338 g/mol. The van der Waals surface area contributed by atoms with Gasteiger partial charge < -0.3 is 15.7 Å². The number of urea groups is 1. The zero-order valence-corrected chi connectivity index (χ0v) is 14.6. The first-order chi connectivity index (χ1) is 10.9. The molecule has 0 unspecified atom stereocenters. The van der Waals surface area contributed by atoms with E-state index in [9.17, 15) is 14.1 Å². The molecule has 5 nitrogen and oxygen atoms in total. The fraction of sp³-hybridized carbons (Fsp3) is 0.588. The van der Waals surface area contributed by atoms with Crippen LogP contribution in [-0.4, -0.2) is 33.7 Å². The molecule has 2 rings (SSSR count). The third kappa shape index (κ3) is 5.32. The van der Waals surface area contributed by atoms with Gasteiger partial charge in [-0.25, -0.2) is 4.79 Å². The Labute approximate surface area is 140 Å². The number of amides is 2. The molecule has 0 bridgehead atoms. The molecule has 0 saturated heterocycles. The summed E-state index contributed by atoms with van der Waals surface area (Å²) in [7, 11) is -1.03. The largest absolute Gasteiger partial charge is 0.388 e. The van der Waals surface area contributed by atoms with Crippen molar-refractivity contribution in [3.63, 3.8) is 0 Å². The molecular formula is C17H26N2O3S. The molecule has 1 aliphatic carbocycles. The molecule has 1 saturated carbocycles. The van der Waals surface area contributed by atoms with Crippen LogP contribution in [0, 0.1) is 5.92 Å². The number of aliphatic hydroxyl groups is 1. The van der Waals surface area contributed by atoms with E-state index >= 15 is 0 Å². The summed E-state index contributed by atoms with van der Waals surface area (Å²) in [6.45, 7) is 2.04. The summed E-state index contributed by atoms with van der Waals surface area (Å²) in [6.07, 6.45) is 7.19. The van der Waals surface area contributed by atoms with Crippen molar-refractivity contribution in [3.8, 4) is 0 Å². The van der Waals surface area contributed by atoms with E-state index in [0.29, 0.717) is 5.69 Å². The van der Waals surface area contributed by atoms with Crippen molar-refractivity contribution >= 4 is 22.5 Å². The Morgan fingerprint density at radius 3 is 2.43 bits per heavy atom. The fourth-order valence-electron chi connectivity index (χ4n) is 3.03. The lowest BCUT2D eigenvalue weighted by Gasteiger charge is -2.35. The van der Waals surface area contributed by atoms with Gasteiger partial charge in [0.15, 0.2) is 0 Å². The Bertz CT molecular complexity index is 551. The molecule has 1 aromatic rings. The van der Waals surface area contributed by atoms with Crippen LogP contribution in [0.4, 0.5) is 10.5 Å². The average molecular weight is 338 g/mol. The number of hydrogen-bond donors (Lipinski definition) is 3. The van der Waals surface area contributed by atoms with E-state index in [0.717, 1.165) is 30.6 Å². The van der Waals surface area contributed by atoms with Gasteiger partial charge in [-0.1, -0.05) is 19.3 Å². The second-order valence-corrected chi connectivity index (χ2v) is 7.86. The minimum Gasteiger partial charge on any atom is -0.388 e. The number of anilines is 1. The molecule has 0 radical (unpaired) electrons. The lowest BCUT2D eigenvalue weighted by Crippen LogP contribution is -2.47. The van der Waals surface area contributed by atoms with Gasteiger partial charge in [0.1, 0.15) is 0 Å². The van der Waals surface area contributed by atoms with E-state index in [1.165, 1.54) is 6.42 Å². The SMILES string of the molecule is C[S@@](=O)c1ccc(NC(=O)NC[C@@](C)(O)C2CCCCC2)cc1. The third-order valence-electron chi connectivity index (χ3n) is 4.54. The molecule has 0 aromatic heterocycles. The predicted molar refractivity (Wildman–Crippen MR) is 93.0 cm³/mol. The zero-order chi connectivity index (χ0) is 16.9. The second-order valence-electron chi connectivity index (χ2n) is 6.48. The molecule has 1 aliphatic rings. The Morgan fingerprint density at radius 1 is 1.26 bits per heavy atom. The van der Waals surface area contributed by atoms with E-state index in [2.05, 4.69) is 10.6 Å². The highest BCUT2D eigenvalue weighted by Crippen LogP contribution is 2.32. The molecule has 1 fully saturated rings. The average Bonchev–Trinajstić information content (AvgIpc) is 2.54. The number of hydrogen-bond acceptors (Lipinski definition) is 3. The van der Waals surface area contributed by atoms with Gasteiger partial charge in [-0.2, -0.15) is 0 Å². The van der Waals surface area contributed by atoms with Gasteiger partial charge in [0.25, 0.3) is 0 Å². The summed E-state index contributed by atoms with van der Waals surface area (Å²) >= 11 is 0. The highest BCUT2D eigenvalue weighted by molar-refractivity contribution is 7.84. The number of carbonyl (C=O) groups is 1. The molecule has 0 heterocycles. The van der Waals surface area contributed by atoms with Crippen molar-refractivity contribution in [2.45, 2.75) is 49.5 Å². The summed E-state index contributed by atoms with van der Waals surface area (Å²) < 4.78 is 11.3. The first-order valence-electron chi connectivity index (χ1n) is 8.09. The maximum absolute atomic E-state index is 12.0. The highest BCUT2D eigenvalue weighted by atomic mass is 32.2. The van der Waals surface area contributed by atoms with Crippen molar-refractivity contribution in [3.05, 3.63) is 24.3 Å². The zero-order valence-electron chi connectivity index (χ0n) is 13.8. The Kier molecular flexibility index (Phi) is 6.18. The summed E-state index contributed by atoms with van der Waals surface area (Å²) in [5.74, 6) is 0.246. The standard InChI is InChI=1S/C17H26N2O3S/c1-17(21,13-6-4-3-5-7-13)12-18-16(20)19-14-8-10-15(11-9-14)23(2)22/h8-11,13,21H,3-7,12H2,1-2H3,(H2,18,19,20)/t17-,23-/m1/s1. The molecule has 1 aromatic carbocycles. The molecule has 3 N–H and O–H groups in total. The third-order valence-corrected chi connectivity index (χ3v) is 5.47. The van der Waals surface area contributed by atoms with Crippen molar-refractivity contribution in [2.75, 3.05) is 18.1 Å². The topological polar surface area (TPSA) is 78.4 Å². The smallest absolute Gasteiger partial charge is 0.319 e. The lowest BCUT2D eigenvalue weighted by molar-refractivity contribution is -0.0127. The van der Waals surface area contributed by atoms with Crippen LogP contribution in [0.3, 0.4) is 0 Å². The first-order valence-corrected chi connectivity index (χ1v) is 9.65. The van der Waals surface area contributed by atoms with E-state index in [1.807, 2.05) is 0 Å². The van der Waals surface area contributed by atoms with Crippen LogP contribution < -0.4 is 10.6 Å². The Hall–Kier alpha value is -1.40. The van der Waals surface area contributed by atoms with E-state index in [4.69, 9.17) is 0 Å². The first kappa shape index (κ1) is 17.9. The molecule has 0 aliphatic heterocycles. The van der Waals surface area contributed by atoms with E-state index in [-0.39, 0.29) is 18.5 Å². The van der Waals surface area contributed by atoms with Gasteiger partial charge in [0, 0.05) is 34.2 Å². The van der Waals surface area contributed by atoms with Crippen LogP contribution >= 0.6 is 0 Å². The maximum atomic E-state index is 12.0. The van der Waals surface area contributed by atoms with Crippen LogP contribution in [0.15, 0.2) is 29.2 Å². The minimum absolute atomic E-state index is 0.237. The van der Waals surface area contributed by atoms with Crippen molar-refractivity contribution < 1.29 is 14.1 Å². The summed E-state index contributed by atoms with van der Waals surface area (Å²) in [4.78, 5) is 12.7. The van der Waals surface area contributed by atoms with E-state index < -0.39 is 16.4 Å². The van der Waals surface area contributed by atoms with Crippen LogP contribution in [0.1, 0.15) is 39.0 Å². The summed E-state index contributed by atoms with van der Waals surface area (Å²) in [6, 6.07) is 6.55. The van der Waals surface area contributed by atoms with Crippen molar-refractivity contribution in [1.29, 1.82) is 0 Å². The van der Waals surface area contributed by atoms with Crippen molar-refractivity contribution in [2.24, 2.45) is 5.92 Å². The predicted octanol–water partition coefficient (Wildman–Crippen LogP) is 2.88. The fourth-order valence-corrected chi connectivity index (χ4v) is 3.55. The molecule has 2 amide bonds. The highest BCUT2D eigenvalue weighted by Gasteiger charge is 2.32. The minimum atomic E-state index is -1.03. The lowest BCUT2D eigenvalue weighted by atomic mass is 9.78. The molecule has 2 atom stereocenters. The van der Waals surface area contributed by atoms with Gasteiger partial charge in [0.05, 0.1) is 5.60 Å². The van der Waals surface area contributed by atoms with Gasteiger partial charge >= 0.3 is 6.03 Å². The van der Waals surface area contributed by atoms with Gasteiger partial charge in [-0.15, -0.1) is 0 Å². The van der Waals surface area contributed by atoms with Gasteiger partial charge in [-0.05, 0) is 49.9 Å². The molecule has 23 heavy (non-hydrogen) atoms. The number of rotatable bonds is 5. The van der Waals surface area contributed by atoms with Crippen LogP contribution in [-0.2, 0) is 10.8 Å². The molecular weight excluding hydrogens is 312 g/mol. The Morgan fingerprint density at radius 2 is 1.87 bits per heavy atom. The van der Waals surface area contributed by atoms with E-state index in [1.54, 1.807) is 37.4 Å². The van der Waals surface area contributed by atoms with Crippen LogP contribution in [0.2, 0.25) is 0 Å². The quantitative estimate of drug-likeness (QED) is 0.772. The van der Waals surface area contributed by atoms with Crippen LogP contribution in [0.5, 0.6) is 0 Å². The second kappa shape index (κ2) is 7.93. The Balaban J connectivity index is 1.83. The summed E-state index contributed by atoms with van der Waals surface area (Å²) in [5.41, 5.74) is -0.241. The van der Waals surface area contributed by atoms with Gasteiger partial charge in [0.2, 0.25) is 0 Å². The number of carbonyl (C=O) groups excluding carboxylic acids is 1. The maximum Gasteiger partial charge on any atom is 0.319 e. The normalized spacial score (nSPS) is 19.6. The van der Waals surface area contributed by atoms with Crippen molar-refractivity contribution in [1.82, 2.24) is 5.32 Å². The molecule has 128 valence electrons. The van der Waals surface area contributed by atoms with Gasteiger partial charge in [-0.3, -0.25) is 4.21 Å². The number of benzene rings is 1. The molecule has 0 spiro atoms. The van der Waals surface area contributed by atoms with Crippen LogP contribution in [0.25, 0.3) is 0 Å². The number of nitrogens with one attached hydrogen (secondary N) is 2. The summed E-state index contributed by atoms with van der Waals surface area (Å²) in [5, 5.41) is 16.0. The molecule has 6 heteroatoms.